The van der Waals surface area contributed by atoms with Gasteiger partial charge in [-0.25, -0.2) is 14.4 Å². The largest absolute Gasteiger partial charge is 0.512 e. The van der Waals surface area contributed by atoms with Crippen molar-refractivity contribution in [3.8, 4) is 45.0 Å². The molecule has 2 atom stereocenters. The Hall–Kier alpha value is -12.2. The minimum Gasteiger partial charge on any atom is -0.512 e. The van der Waals surface area contributed by atoms with E-state index in [-0.39, 0.29) is 166 Å². The average molecular weight is 2120 g/mol. The standard InChI is InChI=1S/C25H29NO5.4C15H10N.C14H11N.C10H14O5.2Ir.K.V/c1-5-25(4,24(29)31-15-14-30-23(28)16-17(2)27)18(3)26-21-12-8-6-10-19(21)20-11-7-9-13-22(20)26;4*1-2-7-13(8-3-1)15-14-9-5-4-6-12(14)10-11-16-15;1-2-15-13-9-5-3-7-11(13)12-8-4-6-10-14(12)15;1-7(2)10(13)15-5-4-14-9(12)6-8(3)11;;;;/h6-13,16,18,27H,5,14-15H2,1-4H3;4*1-7,9-11H;2-10H,1H2;6,11H,1,4-5H2,2-3H3;;;;/q;4*-1;;;;;;. The molecule has 18 rings (SSSR count). The van der Waals surface area contributed by atoms with E-state index in [0.29, 0.717) is 6.42 Å². The Morgan fingerprint density at radius 2 is 0.659 bits per heavy atom. The van der Waals surface area contributed by atoms with E-state index in [0.717, 1.165) is 79.0 Å². The summed E-state index contributed by atoms with van der Waals surface area (Å²) in [6.45, 7) is 17.2. The summed E-state index contributed by atoms with van der Waals surface area (Å²) in [5, 5.41) is 32.2. The predicted molar refractivity (Wildman–Crippen MR) is 510 cm³/mol. The monoisotopic (exact) mass is 2120 g/mol. The van der Waals surface area contributed by atoms with Gasteiger partial charge in [0, 0.05) is 185 Å². The number of rotatable bonds is 18. The van der Waals surface area contributed by atoms with Crippen molar-refractivity contribution in [2.75, 3.05) is 26.4 Å². The van der Waals surface area contributed by atoms with Crippen LogP contribution in [-0.4, -0.2) is 141 Å². The fraction of sp³-hybridized carbons (Fsp3) is 0.119. The molecule has 0 aliphatic heterocycles. The molecule has 18 aromatic rings. The molecule has 0 amide bonds. The Kier molecular flexibility index (Phi) is 41.0. The summed E-state index contributed by atoms with van der Waals surface area (Å²) < 4.78 is 24.0. The number of pyridine rings is 4. The zero-order valence-corrected chi connectivity index (χ0v) is 81.9. The number of esters is 4. The van der Waals surface area contributed by atoms with Crippen molar-refractivity contribution >= 4 is 168 Å². The van der Waals surface area contributed by atoms with Gasteiger partial charge in [-0.15, -0.1) is 144 Å². The summed E-state index contributed by atoms with van der Waals surface area (Å²) in [5.74, 6) is -2.50. The third-order valence-corrected chi connectivity index (χ3v) is 20.6. The van der Waals surface area contributed by atoms with Gasteiger partial charge in [0.25, 0.3) is 0 Å². The van der Waals surface area contributed by atoms with Crippen LogP contribution in [0.3, 0.4) is 0 Å². The molecule has 20 heteroatoms. The van der Waals surface area contributed by atoms with E-state index < -0.39 is 23.3 Å². The molecule has 4 radical (unpaired) electrons. The summed E-state index contributed by atoms with van der Waals surface area (Å²) in [4.78, 5) is 64.0. The number of ether oxygens (including phenoxy) is 4. The number of carbonyl (C=O) groups excluding carboxylic acids is 4. The minimum absolute atomic E-state index is 0. The molecule has 6 aromatic heterocycles. The zero-order chi connectivity index (χ0) is 87.9. The molecule has 0 saturated heterocycles. The Balaban J connectivity index is 0.000000188. The second kappa shape index (κ2) is 51.7. The molecule has 648 valence electrons. The van der Waals surface area contributed by atoms with Crippen LogP contribution in [0.1, 0.15) is 54.0 Å². The molecule has 12 aromatic carbocycles. The number of benzene rings is 12. The van der Waals surface area contributed by atoms with Gasteiger partial charge in [0.1, 0.15) is 26.4 Å². The maximum Gasteiger partial charge on any atom is 0.334 e. The van der Waals surface area contributed by atoms with Crippen LogP contribution < -0.4 is 0 Å². The zero-order valence-electron chi connectivity index (χ0n) is 72.5. The number of aliphatic hydroxyl groups excluding tert-OH is 2. The number of fused-ring (bicyclic) bond motifs is 10. The normalized spacial score (nSPS) is 11.3. The molecule has 129 heavy (non-hydrogen) atoms. The van der Waals surface area contributed by atoms with Gasteiger partial charge in [-0.05, 0) is 155 Å². The Labute approximate surface area is 833 Å². The van der Waals surface area contributed by atoms with E-state index in [1.54, 1.807) is 0 Å². The fourth-order valence-corrected chi connectivity index (χ4v) is 14.2. The first-order valence-electron chi connectivity index (χ1n) is 40.8. The number of carbonyl (C=O) groups is 4. The second-order valence-electron chi connectivity index (χ2n) is 29.0. The maximum absolute atomic E-state index is 13.1. The summed E-state index contributed by atoms with van der Waals surface area (Å²) in [5.41, 5.74) is 12.2. The van der Waals surface area contributed by atoms with Gasteiger partial charge in [0.15, 0.2) is 0 Å². The molecule has 2 N–H and O–H groups in total. The SMILES string of the molecule is C=C(C)C(=O)OCCOC(=O)C=C(C)O.C=Cn1c2ccccc2c2ccccc21.CCC(C)(C(=O)OCCOC(=O)C=C(C)O)C(C)n1c2ccccc2c2ccccc21.[Ir].[Ir].[K].[V].[c-]1ccccc1-c1nccc2ccccc12.[c-]1ccccc1-c1nccc2ccccc12.[c-]1ccccc1-c1nccc2ccccc12.[c-]1ccccc1-c1nccc2ccccc12. The van der Waals surface area contributed by atoms with Crippen LogP contribution in [0, 0.1) is 29.7 Å². The molecule has 0 aliphatic rings. The maximum atomic E-state index is 13.1. The number of para-hydroxylation sites is 4. The Morgan fingerprint density at radius 3 is 0.938 bits per heavy atom. The number of hydrogen-bond donors (Lipinski definition) is 2. The van der Waals surface area contributed by atoms with Crippen molar-refractivity contribution in [1.29, 1.82) is 0 Å². The third kappa shape index (κ3) is 27.2. The smallest absolute Gasteiger partial charge is 0.334 e. The van der Waals surface area contributed by atoms with Crippen LogP contribution in [0.2, 0.25) is 0 Å². The van der Waals surface area contributed by atoms with Crippen LogP contribution in [0.15, 0.2) is 383 Å². The van der Waals surface area contributed by atoms with Gasteiger partial charge >= 0.3 is 23.9 Å². The first-order valence-corrected chi connectivity index (χ1v) is 40.8. The molecule has 2 unspecified atom stereocenters. The quantitative estimate of drug-likeness (QED) is 0.0156. The van der Waals surface area contributed by atoms with E-state index in [1.807, 2.05) is 246 Å². The van der Waals surface area contributed by atoms with Gasteiger partial charge in [-0.3, -0.25) is 4.79 Å². The summed E-state index contributed by atoms with van der Waals surface area (Å²) in [6.07, 6.45) is 11.7. The van der Waals surface area contributed by atoms with Crippen LogP contribution in [0.4, 0.5) is 0 Å². The molecule has 0 fully saturated rings. The average Bonchev–Trinajstić information content (AvgIpc) is 1.71. The van der Waals surface area contributed by atoms with Crippen molar-refractivity contribution < 1.29 is 107 Å². The van der Waals surface area contributed by atoms with E-state index >= 15 is 0 Å². The topological polar surface area (TPSA) is 207 Å². The minimum atomic E-state index is -0.782. The van der Waals surface area contributed by atoms with Crippen LogP contribution >= 0.6 is 0 Å². The van der Waals surface area contributed by atoms with E-state index in [4.69, 9.17) is 19.7 Å². The molecular formula is C109H94Ir2KN6O10V-4. The van der Waals surface area contributed by atoms with Gasteiger partial charge < -0.3 is 58.2 Å². The van der Waals surface area contributed by atoms with Crippen molar-refractivity contribution in [2.24, 2.45) is 5.41 Å². The number of aliphatic hydroxyl groups is 2. The fourth-order valence-electron chi connectivity index (χ4n) is 14.2. The second-order valence-corrected chi connectivity index (χ2v) is 29.0. The van der Waals surface area contributed by atoms with Gasteiger partial charge in [-0.2, -0.15) is 0 Å². The van der Waals surface area contributed by atoms with Crippen LogP contribution in [0.25, 0.3) is 138 Å². The summed E-state index contributed by atoms with van der Waals surface area (Å²) in [6, 6.07) is 119. The molecule has 0 aliphatic carbocycles. The van der Waals surface area contributed by atoms with Gasteiger partial charge in [0.2, 0.25) is 0 Å². The van der Waals surface area contributed by atoms with Crippen molar-refractivity contribution in [3.63, 3.8) is 0 Å². The molecule has 0 bridgehead atoms. The van der Waals surface area contributed by atoms with Crippen LogP contribution in [0.5, 0.6) is 0 Å². The molecule has 16 nitrogen and oxygen atoms in total. The Morgan fingerprint density at radius 1 is 0.395 bits per heavy atom. The van der Waals surface area contributed by atoms with E-state index in [1.165, 1.54) is 85.7 Å². The molecule has 6 heterocycles. The first kappa shape index (κ1) is 102. The summed E-state index contributed by atoms with van der Waals surface area (Å²) >= 11 is 0. The van der Waals surface area contributed by atoms with Crippen molar-refractivity contribution in [3.05, 3.63) is 407 Å². The number of allylic oxidation sites excluding steroid dienone is 2. The first-order chi connectivity index (χ1) is 60.9. The number of aromatic nitrogens is 6. The van der Waals surface area contributed by atoms with E-state index in [2.05, 4.69) is 197 Å². The number of hydrogen-bond acceptors (Lipinski definition) is 14. The van der Waals surface area contributed by atoms with Gasteiger partial charge in [-0.1, -0.05) is 190 Å². The van der Waals surface area contributed by atoms with Gasteiger partial charge in [0.05, 0.1) is 40.1 Å². The molecular weight excluding hydrogens is 2030 g/mol. The third-order valence-electron chi connectivity index (χ3n) is 20.6. The van der Waals surface area contributed by atoms with Crippen molar-refractivity contribution in [1.82, 2.24) is 29.1 Å². The number of nitrogens with zero attached hydrogens (tertiary/aromatic N) is 6. The molecule has 0 saturated carbocycles. The summed E-state index contributed by atoms with van der Waals surface area (Å²) in [7, 11) is 0. The van der Waals surface area contributed by atoms with Crippen LogP contribution in [-0.2, 0) is 96.9 Å². The molecule has 0 spiro atoms. The Bertz CT molecular complexity index is 6230. The van der Waals surface area contributed by atoms with E-state index in [9.17, 15) is 19.2 Å². The predicted octanol–water partition coefficient (Wildman–Crippen LogP) is 24.7. The van der Waals surface area contributed by atoms with Crippen molar-refractivity contribution in [2.45, 2.75) is 54.0 Å².